The number of ether oxygens (including phenoxy) is 1. The first-order chi connectivity index (χ1) is 9.79. The minimum atomic E-state index is 0.564. The van der Waals surface area contributed by atoms with E-state index in [0.29, 0.717) is 12.6 Å². The molecule has 0 aliphatic heterocycles. The number of hydrogen-bond donors (Lipinski definition) is 1. The van der Waals surface area contributed by atoms with Crippen molar-refractivity contribution in [2.24, 2.45) is 0 Å². The molecule has 0 bridgehead atoms. The Labute approximate surface area is 127 Å². The van der Waals surface area contributed by atoms with Crippen molar-refractivity contribution in [3.63, 3.8) is 0 Å². The first kappa shape index (κ1) is 13.6. The Kier molecular flexibility index (Phi) is 4.33. The molecule has 0 atom stereocenters. The standard InChI is InChI=1S/C16H17BrN2O/c17-13-3-1-12(2-4-13)11-20-16-8-7-15(19-10-16)9-18-14-5-6-14/h1-4,7-8,10,14,18H,5-6,9,11H2. The second-order valence-electron chi connectivity index (χ2n) is 5.06. The first-order valence-corrected chi connectivity index (χ1v) is 7.64. The van der Waals surface area contributed by atoms with Gasteiger partial charge in [-0.25, -0.2) is 0 Å². The highest BCUT2D eigenvalue weighted by Gasteiger charge is 2.19. The van der Waals surface area contributed by atoms with E-state index in [1.54, 1.807) is 6.20 Å². The van der Waals surface area contributed by atoms with Gasteiger partial charge in [0.05, 0.1) is 11.9 Å². The van der Waals surface area contributed by atoms with Crippen molar-refractivity contribution in [1.82, 2.24) is 10.3 Å². The predicted octanol–water partition coefficient (Wildman–Crippen LogP) is 3.68. The summed E-state index contributed by atoms with van der Waals surface area (Å²) in [5.74, 6) is 0.808. The molecule has 4 heteroatoms. The summed E-state index contributed by atoms with van der Waals surface area (Å²) in [6, 6.07) is 12.8. The Balaban J connectivity index is 1.50. The second-order valence-corrected chi connectivity index (χ2v) is 5.97. The van der Waals surface area contributed by atoms with Crippen molar-refractivity contribution >= 4 is 15.9 Å². The molecule has 0 radical (unpaired) electrons. The van der Waals surface area contributed by atoms with Crippen LogP contribution in [0.25, 0.3) is 0 Å². The van der Waals surface area contributed by atoms with E-state index in [-0.39, 0.29) is 0 Å². The number of benzene rings is 1. The molecule has 0 unspecified atom stereocenters. The van der Waals surface area contributed by atoms with Gasteiger partial charge in [-0.05, 0) is 42.7 Å². The van der Waals surface area contributed by atoms with Crippen LogP contribution >= 0.6 is 15.9 Å². The molecule has 0 spiro atoms. The van der Waals surface area contributed by atoms with E-state index >= 15 is 0 Å². The molecule has 0 saturated heterocycles. The van der Waals surface area contributed by atoms with Crippen LogP contribution in [0, 0.1) is 0 Å². The zero-order chi connectivity index (χ0) is 13.8. The normalized spacial score (nSPS) is 14.2. The lowest BCUT2D eigenvalue weighted by atomic mass is 10.2. The number of rotatable bonds is 6. The maximum absolute atomic E-state index is 5.73. The summed E-state index contributed by atoms with van der Waals surface area (Å²) in [6.07, 6.45) is 4.39. The summed E-state index contributed by atoms with van der Waals surface area (Å²) in [5, 5.41) is 3.45. The quantitative estimate of drug-likeness (QED) is 0.876. The fourth-order valence-corrected chi connectivity index (χ4v) is 2.15. The molecule has 1 aromatic heterocycles. The molecule has 1 fully saturated rings. The molecule has 104 valence electrons. The Bertz CT molecular complexity index is 550. The highest BCUT2D eigenvalue weighted by atomic mass is 79.9. The summed E-state index contributed by atoms with van der Waals surface area (Å²) in [5.41, 5.74) is 2.21. The van der Waals surface area contributed by atoms with Gasteiger partial charge < -0.3 is 10.1 Å². The number of aromatic nitrogens is 1. The molecule has 1 saturated carbocycles. The maximum atomic E-state index is 5.73. The number of halogens is 1. The van der Waals surface area contributed by atoms with E-state index in [0.717, 1.165) is 28.0 Å². The zero-order valence-corrected chi connectivity index (χ0v) is 12.8. The van der Waals surface area contributed by atoms with Crippen molar-refractivity contribution in [3.8, 4) is 5.75 Å². The number of hydrogen-bond acceptors (Lipinski definition) is 3. The third-order valence-electron chi connectivity index (χ3n) is 3.27. The molecule has 1 aliphatic carbocycles. The van der Waals surface area contributed by atoms with E-state index in [2.05, 4.69) is 26.2 Å². The van der Waals surface area contributed by atoms with Gasteiger partial charge in [0.25, 0.3) is 0 Å². The Morgan fingerprint density at radius 1 is 1.15 bits per heavy atom. The van der Waals surface area contributed by atoms with Crippen molar-refractivity contribution in [3.05, 3.63) is 58.3 Å². The monoisotopic (exact) mass is 332 g/mol. The second kappa shape index (κ2) is 6.37. The van der Waals surface area contributed by atoms with Crippen molar-refractivity contribution in [1.29, 1.82) is 0 Å². The molecule has 3 rings (SSSR count). The van der Waals surface area contributed by atoms with Gasteiger partial charge in [0, 0.05) is 17.1 Å². The molecule has 1 N–H and O–H groups in total. The average Bonchev–Trinajstić information content (AvgIpc) is 3.30. The lowest BCUT2D eigenvalue weighted by Gasteiger charge is -2.07. The minimum Gasteiger partial charge on any atom is -0.487 e. The largest absolute Gasteiger partial charge is 0.487 e. The summed E-state index contributed by atoms with van der Waals surface area (Å²) >= 11 is 3.42. The van der Waals surface area contributed by atoms with Crippen LogP contribution in [0.3, 0.4) is 0 Å². The van der Waals surface area contributed by atoms with Crippen LogP contribution < -0.4 is 10.1 Å². The minimum absolute atomic E-state index is 0.564. The van der Waals surface area contributed by atoms with Crippen LogP contribution in [0.2, 0.25) is 0 Å². The maximum Gasteiger partial charge on any atom is 0.138 e. The molecular weight excluding hydrogens is 316 g/mol. The highest BCUT2D eigenvalue weighted by molar-refractivity contribution is 9.10. The first-order valence-electron chi connectivity index (χ1n) is 6.85. The molecular formula is C16H17BrN2O. The van der Waals surface area contributed by atoms with E-state index in [9.17, 15) is 0 Å². The number of nitrogens with one attached hydrogen (secondary N) is 1. The molecule has 2 aromatic rings. The van der Waals surface area contributed by atoms with Gasteiger partial charge in [0.1, 0.15) is 12.4 Å². The molecule has 0 amide bonds. The lowest BCUT2D eigenvalue weighted by molar-refractivity contribution is 0.304. The fraction of sp³-hybridized carbons (Fsp3) is 0.312. The van der Waals surface area contributed by atoms with Crippen LogP contribution in [0.1, 0.15) is 24.1 Å². The van der Waals surface area contributed by atoms with Gasteiger partial charge >= 0.3 is 0 Å². The molecule has 20 heavy (non-hydrogen) atoms. The van der Waals surface area contributed by atoms with Crippen molar-refractivity contribution in [2.45, 2.75) is 32.0 Å². The molecule has 1 aromatic carbocycles. The molecule has 1 aliphatic rings. The number of pyridine rings is 1. The van der Waals surface area contributed by atoms with Crippen LogP contribution in [0.15, 0.2) is 47.1 Å². The Morgan fingerprint density at radius 2 is 1.95 bits per heavy atom. The van der Waals surface area contributed by atoms with Crippen LogP contribution in [0.4, 0.5) is 0 Å². The van der Waals surface area contributed by atoms with Crippen LogP contribution in [0.5, 0.6) is 5.75 Å². The van der Waals surface area contributed by atoms with Gasteiger partial charge in [0.15, 0.2) is 0 Å². The van der Waals surface area contributed by atoms with Crippen LogP contribution in [-0.4, -0.2) is 11.0 Å². The van der Waals surface area contributed by atoms with Gasteiger partial charge in [0.2, 0.25) is 0 Å². The summed E-state index contributed by atoms with van der Waals surface area (Å²) in [4.78, 5) is 4.41. The summed E-state index contributed by atoms with van der Waals surface area (Å²) in [6.45, 7) is 1.41. The highest BCUT2D eigenvalue weighted by Crippen LogP contribution is 2.19. The third-order valence-corrected chi connectivity index (χ3v) is 3.79. The van der Waals surface area contributed by atoms with Crippen LogP contribution in [-0.2, 0) is 13.2 Å². The van der Waals surface area contributed by atoms with E-state index in [4.69, 9.17) is 4.74 Å². The summed E-state index contributed by atoms with van der Waals surface area (Å²) in [7, 11) is 0. The van der Waals surface area contributed by atoms with Gasteiger partial charge in [-0.3, -0.25) is 4.98 Å². The topological polar surface area (TPSA) is 34.1 Å². The van der Waals surface area contributed by atoms with E-state index < -0.39 is 0 Å². The lowest BCUT2D eigenvalue weighted by Crippen LogP contribution is -2.16. The SMILES string of the molecule is Brc1ccc(COc2ccc(CNC3CC3)nc2)cc1. The average molecular weight is 333 g/mol. The molecule has 1 heterocycles. The number of nitrogens with zero attached hydrogens (tertiary/aromatic N) is 1. The Hall–Kier alpha value is -1.39. The van der Waals surface area contributed by atoms with E-state index in [1.165, 1.54) is 12.8 Å². The third kappa shape index (κ3) is 4.05. The smallest absolute Gasteiger partial charge is 0.138 e. The van der Waals surface area contributed by atoms with Crippen molar-refractivity contribution in [2.75, 3.05) is 0 Å². The van der Waals surface area contributed by atoms with Gasteiger partial charge in [-0.1, -0.05) is 28.1 Å². The van der Waals surface area contributed by atoms with Gasteiger partial charge in [-0.15, -0.1) is 0 Å². The van der Waals surface area contributed by atoms with Gasteiger partial charge in [-0.2, -0.15) is 0 Å². The van der Waals surface area contributed by atoms with E-state index in [1.807, 2.05) is 36.4 Å². The Morgan fingerprint density at radius 3 is 2.60 bits per heavy atom. The summed E-state index contributed by atoms with van der Waals surface area (Å²) < 4.78 is 6.81. The molecule has 3 nitrogen and oxygen atoms in total. The zero-order valence-electron chi connectivity index (χ0n) is 11.2. The van der Waals surface area contributed by atoms with Crippen molar-refractivity contribution < 1.29 is 4.74 Å². The fourth-order valence-electron chi connectivity index (χ4n) is 1.88. The predicted molar refractivity (Wildman–Crippen MR) is 82.6 cm³/mol.